The number of hydrogen-bond acceptors (Lipinski definition) is 4. The minimum Gasteiger partial charge on any atom is -0.497 e. The molecule has 5 nitrogen and oxygen atoms in total. The number of ketones is 1. The van der Waals surface area contributed by atoms with Crippen molar-refractivity contribution in [3.05, 3.63) is 89.0 Å². The molecule has 0 saturated carbocycles. The van der Waals surface area contributed by atoms with E-state index < -0.39 is 0 Å². The predicted molar refractivity (Wildman–Crippen MR) is 111 cm³/mol. The van der Waals surface area contributed by atoms with Crippen LogP contribution in [0, 0.1) is 0 Å². The van der Waals surface area contributed by atoms with Crippen molar-refractivity contribution >= 4 is 17.4 Å². The monoisotopic (exact) mass is 387 g/mol. The Morgan fingerprint density at radius 3 is 2.45 bits per heavy atom. The second-order valence-corrected chi connectivity index (χ2v) is 6.87. The lowest BCUT2D eigenvalue weighted by Crippen LogP contribution is -2.11. The molecule has 1 N–H and O–H groups in total. The smallest absolute Gasteiger partial charge is 0.255 e. The van der Waals surface area contributed by atoms with Crippen LogP contribution in [0.25, 0.3) is 0 Å². The van der Waals surface area contributed by atoms with E-state index in [4.69, 9.17) is 9.47 Å². The van der Waals surface area contributed by atoms with Gasteiger partial charge in [-0.1, -0.05) is 24.3 Å². The van der Waals surface area contributed by atoms with Crippen LogP contribution in [-0.2, 0) is 13.0 Å². The van der Waals surface area contributed by atoms with Gasteiger partial charge in [0.15, 0.2) is 5.78 Å². The van der Waals surface area contributed by atoms with Crippen molar-refractivity contribution in [2.75, 3.05) is 12.4 Å². The Labute approximate surface area is 169 Å². The third-order valence-corrected chi connectivity index (χ3v) is 4.99. The molecule has 0 bridgehead atoms. The van der Waals surface area contributed by atoms with Gasteiger partial charge in [0.25, 0.3) is 5.91 Å². The fourth-order valence-electron chi connectivity index (χ4n) is 3.38. The second kappa shape index (κ2) is 8.19. The molecule has 0 fully saturated rings. The summed E-state index contributed by atoms with van der Waals surface area (Å²) in [6.07, 6.45) is 1.28. The van der Waals surface area contributed by atoms with E-state index >= 15 is 0 Å². The lowest BCUT2D eigenvalue weighted by molar-refractivity contribution is 0.0992. The number of benzene rings is 3. The third kappa shape index (κ3) is 4.14. The average Bonchev–Trinajstić information content (AvgIpc) is 3.14. The van der Waals surface area contributed by atoms with Gasteiger partial charge in [0, 0.05) is 28.8 Å². The molecule has 0 saturated heterocycles. The van der Waals surface area contributed by atoms with Gasteiger partial charge < -0.3 is 14.8 Å². The summed E-state index contributed by atoms with van der Waals surface area (Å²) in [7, 11) is 1.60. The molecule has 0 aromatic heterocycles. The van der Waals surface area contributed by atoms with Crippen LogP contribution in [0.5, 0.6) is 11.5 Å². The number of rotatable bonds is 6. The number of ether oxygens (including phenoxy) is 2. The Balaban J connectivity index is 1.38. The average molecular weight is 387 g/mol. The van der Waals surface area contributed by atoms with Crippen LogP contribution in [0.2, 0.25) is 0 Å². The summed E-state index contributed by atoms with van der Waals surface area (Å²) >= 11 is 0. The summed E-state index contributed by atoms with van der Waals surface area (Å²) in [6.45, 7) is 0.380. The highest BCUT2D eigenvalue weighted by Crippen LogP contribution is 2.31. The quantitative estimate of drug-likeness (QED) is 0.668. The van der Waals surface area contributed by atoms with Gasteiger partial charge in [-0.3, -0.25) is 9.59 Å². The Hall–Kier alpha value is -3.60. The molecule has 1 aliphatic rings. The number of carbonyl (C=O) groups is 2. The van der Waals surface area contributed by atoms with Crippen LogP contribution in [0.1, 0.15) is 38.3 Å². The van der Waals surface area contributed by atoms with E-state index in [-0.39, 0.29) is 11.7 Å². The summed E-state index contributed by atoms with van der Waals surface area (Å²) < 4.78 is 11.1. The number of methoxy groups -OCH3 is 1. The number of amides is 1. The van der Waals surface area contributed by atoms with Gasteiger partial charge in [-0.05, 0) is 54.4 Å². The van der Waals surface area contributed by atoms with Gasteiger partial charge in [-0.15, -0.1) is 0 Å². The Bertz CT molecular complexity index is 1040. The molecule has 3 aromatic rings. The van der Waals surface area contributed by atoms with E-state index in [0.29, 0.717) is 24.3 Å². The van der Waals surface area contributed by atoms with Crippen molar-refractivity contribution in [2.24, 2.45) is 0 Å². The molecule has 0 heterocycles. The summed E-state index contributed by atoms with van der Waals surface area (Å²) in [5, 5.41) is 2.86. The first kappa shape index (κ1) is 18.7. The zero-order valence-electron chi connectivity index (χ0n) is 16.1. The zero-order valence-corrected chi connectivity index (χ0v) is 16.1. The highest BCUT2D eigenvalue weighted by Gasteiger charge is 2.22. The third-order valence-electron chi connectivity index (χ3n) is 4.99. The van der Waals surface area contributed by atoms with Gasteiger partial charge in [-0.2, -0.15) is 0 Å². The molecule has 0 spiro atoms. The van der Waals surface area contributed by atoms with Crippen LogP contribution in [0.3, 0.4) is 0 Å². The van der Waals surface area contributed by atoms with Gasteiger partial charge in [0.2, 0.25) is 0 Å². The van der Waals surface area contributed by atoms with Crippen LogP contribution >= 0.6 is 0 Å². The molecule has 29 heavy (non-hydrogen) atoms. The van der Waals surface area contributed by atoms with Crippen molar-refractivity contribution < 1.29 is 19.1 Å². The fourth-order valence-corrected chi connectivity index (χ4v) is 3.38. The highest BCUT2D eigenvalue weighted by atomic mass is 16.5. The van der Waals surface area contributed by atoms with Crippen LogP contribution in [0.4, 0.5) is 5.69 Å². The first-order valence-electron chi connectivity index (χ1n) is 9.46. The molecular formula is C24H21NO4. The maximum Gasteiger partial charge on any atom is 0.255 e. The van der Waals surface area contributed by atoms with E-state index in [1.807, 2.05) is 30.3 Å². The van der Waals surface area contributed by atoms with Crippen LogP contribution < -0.4 is 14.8 Å². The van der Waals surface area contributed by atoms with Gasteiger partial charge in [-0.25, -0.2) is 0 Å². The normalized spacial score (nSPS) is 12.4. The van der Waals surface area contributed by atoms with Crippen LogP contribution in [0.15, 0.2) is 66.7 Å². The fraction of sp³-hybridized carbons (Fsp3) is 0.167. The molecule has 0 unspecified atom stereocenters. The van der Waals surface area contributed by atoms with Gasteiger partial charge >= 0.3 is 0 Å². The van der Waals surface area contributed by atoms with E-state index in [1.54, 1.807) is 43.5 Å². The molecule has 4 rings (SSSR count). The standard InChI is InChI=1S/C24H21NO4/c1-28-19-11-9-18(10-12-19)25-24(27)17-7-5-16(6-8-17)15-29-23-4-2-3-20-21(23)13-14-22(20)26/h2-12H,13-15H2,1H3,(H,25,27). The van der Waals surface area contributed by atoms with Gasteiger partial charge in [0.05, 0.1) is 7.11 Å². The molecule has 0 radical (unpaired) electrons. The maximum atomic E-state index is 12.4. The number of nitrogens with one attached hydrogen (secondary N) is 1. The predicted octanol–water partition coefficient (Wildman–Crippen LogP) is 4.66. The first-order chi connectivity index (χ1) is 14.1. The molecule has 1 aliphatic carbocycles. The SMILES string of the molecule is COc1ccc(NC(=O)c2ccc(COc3cccc4c3CCC4=O)cc2)cc1. The topological polar surface area (TPSA) is 64.6 Å². The van der Waals surface area contributed by atoms with E-state index in [9.17, 15) is 9.59 Å². The molecular weight excluding hydrogens is 366 g/mol. The zero-order chi connectivity index (χ0) is 20.2. The van der Waals surface area contributed by atoms with Gasteiger partial charge in [0.1, 0.15) is 18.1 Å². The minimum atomic E-state index is -0.179. The summed E-state index contributed by atoms with van der Waals surface area (Å²) in [5.74, 6) is 1.50. The van der Waals surface area contributed by atoms with Crippen molar-refractivity contribution in [3.8, 4) is 11.5 Å². The first-order valence-corrected chi connectivity index (χ1v) is 9.46. The molecule has 1 amide bonds. The summed E-state index contributed by atoms with van der Waals surface area (Å²) in [4.78, 5) is 24.3. The number of anilines is 1. The maximum absolute atomic E-state index is 12.4. The Morgan fingerprint density at radius 2 is 1.72 bits per heavy atom. The minimum absolute atomic E-state index is 0.178. The molecule has 3 aromatic carbocycles. The molecule has 0 atom stereocenters. The molecule has 5 heteroatoms. The number of hydrogen-bond donors (Lipinski definition) is 1. The number of Topliss-reactive ketones (excluding diaryl/α,β-unsaturated/α-hetero) is 1. The van der Waals surface area contributed by atoms with Crippen molar-refractivity contribution in [1.29, 1.82) is 0 Å². The van der Waals surface area contributed by atoms with Crippen molar-refractivity contribution in [1.82, 2.24) is 0 Å². The van der Waals surface area contributed by atoms with Crippen LogP contribution in [-0.4, -0.2) is 18.8 Å². The molecule has 0 aliphatic heterocycles. The van der Waals surface area contributed by atoms with E-state index in [1.165, 1.54) is 0 Å². The van der Waals surface area contributed by atoms with Crippen molar-refractivity contribution in [3.63, 3.8) is 0 Å². The Morgan fingerprint density at radius 1 is 0.966 bits per heavy atom. The summed E-state index contributed by atoms with van der Waals surface area (Å²) in [5.41, 5.74) is 3.99. The largest absolute Gasteiger partial charge is 0.497 e. The molecule has 146 valence electrons. The van der Waals surface area contributed by atoms with E-state index in [0.717, 1.165) is 34.6 Å². The lowest BCUT2D eigenvalue weighted by atomic mass is 10.1. The van der Waals surface area contributed by atoms with E-state index in [2.05, 4.69) is 5.32 Å². The highest BCUT2D eigenvalue weighted by molar-refractivity contribution is 6.04. The van der Waals surface area contributed by atoms with Crippen molar-refractivity contribution in [2.45, 2.75) is 19.4 Å². The summed E-state index contributed by atoms with van der Waals surface area (Å²) in [6, 6.07) is 20.1. The second-order valence-electron chi connectivity index (χ2n) is 6.87. The number of fused-ring (bicyclic) bond motifs is 1. The number of carbonyl (C=O) groups excluding carboxylic acids is 2. The lowest BCUT2D eigenvalue weighted by Gasteiger charge is -2.11. The Kier molecular flexibility index (Phi) is 5.29.